The Labute approximate surface area is 435 Å². The molecule has 70 heavy (non-hydrogen) atoms. The van der Waals surface area contributed by atoms with Crippen LogP contribution in [0.4, 0.5) is 0 Å². The number of aliphatic hydroxyl groups is 1. The molecule has 0 heterocycles. The van der Waals surface area contributed by atoms with Crippen molar-refractivity contribution in [1.29, 1.82) is 0 Å². The number of allylic oxidation sites excluding steroid dienone is 7. The predicted octanol–water partition coefficient (Wildman–Crippen LogP) is 17.7. The Balaban J connectivity index is 4.20. The minimum absolute atomic E-state index is 0.00620. The van der Waals surface area contributed by atoms with Gasteiger partial charge in [-0.2, -0.15) is 0 Å². The molecule has 0 fully saturated rings. The molecule has 0 saturated heterocycles. The number of unbranched alkanes of at least 4 members (excludes halogenated alkanes) is 36. The second-order valence-corrected chi connectivity index (χ2v) is 23.1. The van der Waals surface area contributed by atoms with Crippen LogP contribution in [-0.4, -0.2) is 68.5 Å². The lowest BCUT2D eigenvalue weighted by atomic mass is 10.0. The van der Waals surface area contributed by atoms with Crippen molar-refractivity contribution in [3.8, 4) is 0 Å². The molecule has 8 nitrogen and oxygen atoms in total. The smallest absolute Gasteiger partial charge is 0.268 e. The number of nitrogens with zero attached hydrogens (tertiary/aromatic N) is 1. The van der Waals surface area contributed by atoms with E-state index in [-0.39, 0.29) is 12.5 Å². The molecule has 2 N–H and O–H groups in total. The Morgan fingerprint density at radius 2 is 0.843 bits per heavy atom. The summed E-state index contributed by atoms with van der Waals surface area (Å²) in [5, 5.41) is 13.9. The zero-order chi connectivity index (χ0) is 51.3. The number of carbonyl (C=O) groups excluding carboxylic acids is 1. The number of likely N-dealkylation sites (N-methyl/N-ethyl adjacent to an activating group) is 1. The molecular formula is C61H117N2O6P. The van der Waals surface area contributed by atoms with E-state index in [1.165, 1.54) is 218 Å². The van der Waals surface area contributed by atoms with Gasteiger partial charge in [-0.15, -0.1) is 0 Å². The summed E-state index contributed by atoms with van der Waals surface area (Å²) in [4.78, 5) is 25.5. The zero-order valence-electron chi connectivity index (χ0n) is 47.0. The van der Waals surface area contributed by atoms with Gasteiger partial charge in [0.25, 0.3) is 7.82 Å². The average Bonchev–Trinajstić information content (AvgIpc) is 3.32. The van der Waals surface area contributed by atoms with Gasteiger partial charge in [-0.3, -0.25) is 9.36 Å². The van der Waals surface area contributed by atoms with E-state index in [1.54, 1.807) is 6.08 Å². The fourth-order valence-electron chi connectivity index (χ4n) is 8.79. The van der Waals surface area contributed by atoms with Crippen LogP contribution in [-0.2, 0) is 18.4 Å². The minimum atomic E-state index is -4.61. The van der Waals surface area contributed by atoms with E-state index in [1.807, 2.05) is 27.2 Å². The summed E-state index contributed by atoms with van der Waals surface area (Å²) < 4.78 is 23.4. The molecule has 0 saturated carbocycles. The van der Waals surface area contributed by atoms with Crippen LogP contribution in [0.25, 0.3) is 0 Å². The monoisotopic (exact) mass is 1000 g/mol. The van der Waals surface area contributed by atoms with Gasteiger partial charge in [0, 0.05) is 6.42 Å². The average molecular weight is 1010 g/mol. The number of phosphoric acid groups is 1. The van der Waals surface area contributed by atoms with Crippen LogP contribution in [0.15, 0.2) is 48.6 Å². The Bertz CT molecular complexity index is 1280. The van der Waals surface area contributed by atoms with E-state index >= 15 is 0 Å². The molecule has 0 aromatic rings. The van der Waals surface area contributed by atoms with Crippen LogP contribution in [0.3, 0.4) is 0 Å². The summed E-state index contributed by atoms with van der Waals surface area (Å²) in [6.07, 6.45) is 69.1. The van der Waals surface area contributed by atoms with Gasteiger partial charge in [0.05, 0.1) is 39.9 Å². The SMILES string of the molecule is CCCCCCC/C=C\C/C=C\CCCCCCCCCCCCCCCCCC(=O)NC(COP(=O)([O-])OCC[N+](C)(C)C)C(O)/C=C/CC/C=C/CCCCCCCCCCCCCCCCC. The van der Waals surface area contributed by atoms with E-state index in [0.717, 1.165) is 44.9 Å². The van der Waals surface area contributed by atoms with Gasteiger partial charge in [-0.1, -0.05) is 262 Å². The number of nitrogens with one attached hydrogen (secondary N) is 1. The minimum Gasteiger partial charge on any atom is -0.756 e. The van der Waals surface area contributed by atoms with Crippen molar-refractivity contribution in [2.24, 2.45) is 0 Å². The van der Waals surface area contributed by atoms with Crippen molar-refractivity contribution >= 4 is 13.7 Å². The van der Waals surface area contributed by atoms with E-state index in [2.05, 4.69) is 55.6 Å². The molecule has 1 amide bonds. The first-order valence-electron chi connectivity index (χ1n) is 30.0. The summed E-state index contributed by atoms with van der Waals surface area (Å²) in [6.45, 7) is 4.65. The van der Waals surface area contributed by atoms with Crippen LogP contribution < -0.4 is 10.2 Å². The molecule has 0 aromatic heterocycles. The molecule has 3 unspecified atom stereocenters. The number of phosphoric ester groups is 1. The second-order valence-electron chi connectivity index (χ2n) is 21.7. The van der Waals surface area contributed by atoms with Crippen LogP contribution in [0.2, 0.25) is 0 Å². The molecule has 0 rings (SSSR count). The molecule has 0 aliphatic rings. The van der Waals surface area contributed by atoms with Gasteiger partial charge in [-0.25, -0.2) is 0 Å². The van der Waals surface area contributed by atoms with Crippen LogP contribution in [0.5, 0.6) is 0 Å². The molecule has 412 valence electrons. The lowest BCUT2D eigenvalue weighted by molar-refractivity contribution is -0.870. The molecule has 0 spiro atoms. The Morgan fingerprint density at radius 1 is 0.500 bits per heavy atom. The van der Waals surface area contributed by atoms with Crippen LogP contribution in [0.1, 0.15) is 284 Å². The van der Waals surface area contributed by atoms with Crippen molar-refractivity contribution in [2.75, 3.05) is 40.9 Å². The predicted molar refractivity (Wildman–Crippen MR) is 302 cm³/mol. The number of hydrogen-bond acceptors (Lipinski definition) is 6. The first-order valence-corrected chi connectivity index (χ1v) is 31.5. The van der Waals surface area contributed by atoms with E-state index in [9.17, 15) is 19.4 Å². The van der Waals surface area contributed by atoms with E-state index in [4.69, 9.17) is 9.05 Å². The van der Waals surface area contributed by atoms with Crippen molar-refractivity contribution in [3.63, 3.8) is 0 Å². The fourth-order valence-corrected chi connectivity index (χ4v) is 9.51. The second kappa shape index (κ2) is 52.3. The van der Waals surface area contributed by atoms with Crippen molar-refractivity contribution in [1.82, 2.24) is 5.32 Å². The molecule has 0 radical (unpaired) electrons. The summed E-state index contributed by atoms with van der Waals surface area (Å²) in [6, 6.07) is -0.904. The van der Waals surface area contributed by atoms with Gasteiger partial charge in [0.15, 0.2) is 0 Å². The largest absolute Gasteiger partial charge is 0.756 e. The van der Waals surface area contributed by atoms with Gasteiger partial charge in [-0.05, 0) is 64.2 Å². The molecule has 0 aliphatic carbocycles. The molecule has 9 heteroatoms. The normalized spacial score (nSPS) is 14.2. The first kappa shape index (κ1) is 68.5. The maximum atomic E-state index is 13.0. The highest BCUT2D eigenvalue weighted by Crippen LogP contribution is 2.38. The van der Waals surface area contributed by atoms with Crippen molar-refractivity contribution in [2.45, 2.75) is 296 Å². The summed E-state index contributed by atoms with van der Waals surface area (Å²) in [5.41, 5.74) is 0. The molecule has 0 bridgehead atoms. The third kappa shape index (κ3) is 54.2. The number of aliphatic hydroxyl groups excluding tert-OH is 1. The summed E-state index contributed by atoms with van der Waals surface area (Å²) >= 11 is 0. The summed E-state index contributed by atoms with van der Waals surface area (Å²) in [5.74, 6) is -0.205. The summed E-state index contributed by atoms with van der Waals surface area (Å²) in [7, 11) is 1.25. The molecule has 3 atom stereocenters. The Hall–Kier alpha value is -1.54. The maximum Gasteiger partial charge on any atom is 0.268 e. The maximum absolute atomic E-state index is 13.0. The third-order valence-electron chi connectivity index (χ3n) is 13.5. The fraction of sp³-hybridized carbons (Fsp3) is 0.852. The molecule has 0 aromatic carbocycles. The molecular weight excluding hydrogens is 888 g/mol. The van der Waals surface area contributed by atoms with Crippen LogP contribution in [0, 0.1) is 0 Å². The molecule has 0 aliphatic heterocycles. The first-order chi connectivity index (χ1) is 34.0. The van der Waals surface area contributed by atoms with E-state index in [0.29, 0.717) is 17.4 Å². The number of rotatable bonds is 55. The highest BCUT2D eigenvalue weighted by atomic mass is 31.2. The highest BCUT2D eigenvalue weighted by molar-refractivity contribution is 7.45. The number of quaternary nitrogens is 1. The zero-order valence-corrected chi connectivity index (χ0v) is 47.9. The van der Waals surface area contributed by atoms with Crippen LogP contribution >= 0.6 is 7.82 Å². The van der Waals surface area contributed by atoms with Gasteiger partial charge < -0.3 is 28.8 Å². The highest BCUT2D eigenvalue weighted by Gasteiger charge is 2.23. The topological polar surface area (TPSA) is 108 Å². The Morgan fingerprint density at radius 3 is 1.24 bits per heavy atom. The number of carbonyl (C=O) groups is 1. The quantitative estimate of drug-likeness (QED) is 0.0272. The van der Waals surface area contributed by atoms with Crippen molar-refractivity contribution < 1.29 is 32.9 Å². The third-order valence-corrected chi connectivity index (χ3v) is 14.5. The lowest BCUT2D eigenvalue weighted by Gasteiger charge is -2.29. The van der Waals surface area contributed by atoms with E-state index < -0.39 is 26.6 Å². The Kier molecular flexibility index (Phi) is 51.2. The van der Waals surface area contributed by atoms with Gasteiger partial charge in [0.1, 0.15) is 13.2 Å². The number of hydrogen-bond donors (Lipinski definition) is 2. The van der Waals surface area contributed by atoms with Gasteiger partial charge in [0.2, 0.25) is 5.91 Å². The number of amides is 1. The lowest BCUT2D eigenvalue weighted by Crippen LogP contribution is -2.45. The van der Waals surface area contributed by atoms with Crippen molar-refractivity contribution in [3.05, 3.63) is 48.6 Å². The standard InChI is InChI=1S/C61H117N2O6P/c1-6-8-10-12-14-16-18-20-22-24-26-28-29-30-31-32-33-35-37-39-41-43-45-47-49-51-53-55-61(65)62-59(58-69-70(66,67)68-57-56-63(3,4)5)60(64)54-52-50-48-46-44-42-40-38-36-34-27-25-23-21-19-17-15-13-11-9-7-2/h18,20,24,26,44,46,52,54,59-60,64H,6-17,19,21-23,25,27-43,45,47-51,53,55-58H2,1-5H3,(H-,62,65,66,67)/b20-18-,26-24-,46-44+,54-52+. The van der Waals surface area contributed by atoms with Gasteiger partial charge >= 0.3 is 0 Å².